The molecule has 0 spiro atoms. The van der Waals surface area contributed by atoms with E-state index in [4.69, 9.17) is 5.11 Å². The van der Waals surface area contributed by atoms with Crippen molar-refractivity contribution in [2.45, 2.75) is 68.8 Å². The molecule has 1 amide bonds. The zero-order valence-electron chi connectivity index (χ0n) is 21.4. The van der Waals surface area contributed by atoms with Crippen LogP contribution in [0.2, 0.25) is 0 Å². The second-order valence-corrected chi connectivity index (χ2v) is 13.4. The van der Waals surface area contributed by atoms with Gasteiger partial charge in [-0.15, -0.1) is 16.4 Å². The van der Waals surface area contributed by atoms with Crippen molar-refractivity contribution in [3.63, 3.8) is 0 Å². The first-order valence-electron chi connectivity index (χ1n) is 12.4. The molecule has 0 atom stereocenters. The first kappa shape index (κ1) is 26.3. The molecule has 1 aliphatic carbocycles. The van der Waals surface area contributed by atoms with Crippen LogP contribution in [0, 0.1) is 0 Å². The number of rotatable bonds is 6. The van der Waals surface area contributed by atoms with Gasteiger partial charge in [0.2, 0.25) is 10.0 Å². The number of benzene rings is 2. The summed E-state index contributed by atoms with van der Waals surface area (Å²) < 4.78 is 30.0. The second-order valence-electron chi connectivity index (χ2n) is 10.7. The number of aromatic amines is 1. The van der Waals surface area contributed by atoms with E-state index in [1.54, 1.807) is 12.3 Å². The highest BCUT2D eigenvalue weighted by Crippen LogP contribution is 2.40. The van der Waals surface area contributed by atoms with Gasteiger partial charge in [-0.25, -0.2) is 22.9 Å². The molecule has 1 aliphatic rings. The van der Waals surface area contributed by atoms with Crippen molar-refractivity contribution in [3.05, 3.63) is 47.6 Å². The Labute approximate surface area is 224 Å². The second kappa shape index (κ2) is 10.1. The highest BCUT2D eigenvalue weighted by atomic mass is 32.2. The van der Waals surface area contributed by atoms with Crippen molar-refractivity contribution in [3.8, 4) is 21.6 Å². The van der Waals surface area contributed by atoms with E-state index < -0.39 is 21.7 Å². The predicted octanol–water partition coefficient (Wildman–Crippen LogP) is 5.12. The van der Waals surface area contributed by atoms with Gasteiger partial charge in [-0.2, -0.15) is 0 Å². The summed E-state index contributed by atoms with van der Waals surface area (Å²) in [7, 11) is -3.86. The zero-order chi connectivity index (χ0) is 27.1. The van der Waals surface area contributed by atoms with Gasteiger partial charge in [0.05, 0.1) is 20.3 Å². The summed E-state index contributed by atoms with van der Waals surface area (Å²) in [5, 5.41) is 23.2. The SMILES string of the molecule is CC(C)(C)NS(=O)(=O)c1cc(-c2ccc3nn[nH]c3c2)ccc1-c1cnc([C@H]2CC[C@H](NC(=O)O)CC2)s1. The number of hydrogen-bond acceptors (Lipinski definition) is 7. The van der Waals surface area contributed by atoms with Crippen LogP contribution in [0.5, 0.6) is 0 Å². The van der Waals surface area contributed by atoms with Gasteiger partial charge < -0.3 is 10.4 Å². The smallest absolute Gasteiger partial charge is 0.404 e. The maximum atomic E-state index is 13.6. The van der Waals surface area contributed by atoms with Crippen molar-refractivity contribution in [2.24, 2.45) is 0 Å². The van der Waals surface area contributed by atoms with Crippen molar-refractivity contribution in [1.82, 2.24) is 30.4 Å². The topological polar surface area (TPSA) is 150 Å². The Morgan fingerprint density at radius 3 is 2.50 bits per heavy atom. The lowest BCUT2D eigenvalue weighted by atomic mass is 9.86. The predicted molar refractivity (Wildman–Crippen MR) is 147 cm³/mol. The molecule has 0 unspecified atom stereocenters. The summed E-state index contributed by atoms with van der Waals surface area (Å²) in [4.78, 5) is 16.6. The summed E-state index contributed by atoms with van der Waals surface area (Å²) in [6, 6.07) is 11.1. The van der Waals surface area contributed by atoms with E-state index in [9.17, 15) is 13.2 Å². The number of aromatic nitrogens is 4. The molecule has 200 valence electrons. The Morgan fingerprint density at radius 2 is 1.79 bits per heavy atom. The number of fused-ring (bicyclic) bond motifs is 1. The molecule has 12 heteroatoms. The zero-order valence-corrected chi connectivity index (χ0v) is 23.0. The van der Waals surface area contributed by atoms with Gasteiger partial charge in [-0.3, -0.25) is 5.10 Å². The lowest BCUT2D eigenvalue weighted by Gasteiger charge is -2.27. The summed E-state index contributed by atoms with van der Waals surface area (Å²) in [6.07, 6.45) is 3.93. The van der Waals surface area contributed by atoms with Crippen LogP contribution in [-0.2, 0) is 10.0 Å². The Hall–Kier alpha value is -3.35. The third-order valence-corrected chi connectivity index (χ3v) is 9.55. The maximum absolute atomic E-state index is 13.6. The standard InChI is InChI=1S/C26H30N6O4S2/c1-26(2,3)31-38(35,36)23-13-17(16-7-11-20-21(12-16)30-32-29-20)6-10-19(23)22-14-27-24(37-22)15-4-8-18(9-5-15)28-25(33)34/h6-7,10-15,18,28,31H,4-5,8-9H2,1-3H3,(H,33,34)(H,29,30,32)/t15-,18-. The number of carbonyl (C=O) groups is 1. The Balaban J connectivity index is 1.50. The van der Waals surface area contributed by atoms with Crippen LogP contribution in [0.25, 0.3) is 32.6 Å². The van der Waals surface area contributed by atoms with Crippen LogP contribution in [0.1, 0.15) is 57.4 Å². The number of H-pyrrole nitrogens is 1. The molecular formula is C26H30N6O4S2. The Kier molecular flexibility index (Phi) is 6.97. The van der Waals surface area contributed by atoms with Gasteiger partial charge >= 0.3 is 6.09 Å². The molecule has 10 nitrogen and oxygen atoms in total. The monoisotopic (exact) mass is 554 g/mol. The van der Waals surface area contributed by atoms with E-state index in [1.165, 1.54) is 11.3 Å². The Morgan fingerprint density at radius 1 is 1.08 bits per heavy atom. The van der Waals surface area contributed by atoms with Gasteiger partial charge in [0.25, 0.3) is 0 Å². The molecule has 2 aromatic carbocycles. The average Bonchev–Trinajstić information content (AvgIpc) is 3.52. The van der Waals surface area contributed by atoms with E-state index in [0.29, 0.717) is 5.56 Å². The average molecular weight is 555 g/mol. The van der Waals surface area contributed by atoms with E-state index in [1.807, 2.05) is 51.1 Å². The van der Waals surface area contributed by atoms with E-state index in [2.05, 4.69) is 30.4 Å². The van der Waals surface area contributed by atoms with Crippen LogP contribution in [0.4, 0.5) is 4.79 Å². The van der Waals surface area contributed by atoms with Crippen molar-refractivity contribution < 1.29 is 18.3 Å². The highest BCUT2D eigenvalue weighted by Gasteiger charge is 2.29. The fourth-order valence-corrected chi connectivity index (χ4v) is 7.73. The lowest BCUT2D eigenvalue weighted by molar-refractivity contribution is 0.185. The summed E-state index contributed by atoms with van der Waals surface area (Å²) in [6.45, 7) is 5.44. The number of nitrogens with one attached hydrogen (secondary N) is 3. The largest absolute Gasteiger partial charge is 0.465 e. The quantitative estimate of drug-likeness (QED) is 0.258. The molecule has 2 heterocycles. The molecule has 1 saturated carbocycles. The van der Waals surface area contributed by atoms with E-state index in [-0.39, 0.29) is 16.9 Å². The molecule has 0 radical (unpaired) electrons. The molecule has 0 saturated heterocycles. The minimum atomic E-state index is -3.86. The third kappa shape index (κ3) is 5.71. The number of hydrogen-bond donors (Lipinski definition) is 4. The van der Waals surface area contributed by atoms with Crippen molar-refractivity contribution in [2.75, 3.05) is 0 Å². The van der Waals surface area contributed by atoms with Crippen LogP contribution in [0.15, 0.2) is 47.5 Å². The van der Waals surface area contributed by atoms with Crippen LogP contribution in [0.3, 0.4) is 0 Å². The molecule has 0 bridgehead atoms. The lowest BCUT2D eigenvalue weighted by Crippen LogP contribution is -2.40. The molecule has 4 aromatic rings. The molecule has 4 N–H and O–H groups in total. The minimum absolute atomic E-state index is 0.0345. The van der Waals surface area contributed by atoms with Gasteiger partial charge in [0, 0.05) is 29.3 Å². The van der Waals surface area contributed by atoms with Gasteiger partial charge in [0.15, 0.2) is 0 Å². The molecule has 0 aliphatic heterocycles. The molecular weight excluding hydrogens is 524 g/mol. The van der Waals surface area contributed by atoms with Crippen LogP contribution in [-0.4, -0.2) is 51.6 Å². The molecule has 2 aromatic heterocycles. The summed E-state index contributed by atoms with van der Waals surface area (Å²) in [5.41, 5.74) is 3.04. The minimum Gasteiger partial charge on any atom is -0.465 e. The molecule has 1 fully saturated rings. The van der Waals surface area contributed by atoms with E-state index >= 15 is 0 Å². The fourth-order valence-electron chi connectivity index (χ4n) is 4.87. The van der Waals surface area contributed by atoms with Crippen LogP contribution >= 0.6 is 11.3 Å². The van der Waals surface area contributed by atoms with Gasteiger partial charge in [-0.1, -0.05) is 23.4 Å². The van der Waals surface area contributed by atoms with Crippen molar-refractivity contribution >= 4 is 38.5 Å². The number of amides is 1. The normalized spacial score (nSPS) is 18.5. The van der Waals surface area contributed by atoms with Crippen LogP contribution < -0.4 is 10.0 Å². The maximum Gasteiger partial charge on any atom is 0.404 e. The number of thiazole rings is 1. The van der Waals surface area contributed by atoms with Crippen molar-refractivity contribution in [1.29, 1.82) is 0 Å². The first-order chi connectivity index (χ1) is 18.0. The highest BCUT2D eigenvalue weighted by molar-refractivity contribution is 7.89. The molecule has 5 rings (SSSR count). The number of sulfonamides is 1. The van der Waals surface area contributed by atoms with Gasteiger partial charge in [0.1, 0.15) is 5.52 Å². The summed E-state index contributed by atoms with van der Waals surface area (Å²) >= 11 is 1.50. The fraction of sp³-hybridized carbons (Fsp3) is 0.385. The Bertz CT molecular complexity index is 1580. The third-order valence-electron chi connectivity index (χ3n) is 6.56. The first-order valence-corrected chi connectivity index (χ1v) is 14.7. The molecule has 38 heavy (non-hydrogen) atoms. The van der Waals surface area contributed by atoms with Gasteiger partial charge in [-0.05, 0) is 75.8 Å². The number of nitrogens with zero attached hydrogens (tertiary/aromatic N) is 3. The van der Waals surface area contributed by atoms with E-state index in [0.717, 1.165) is 57.7 Å². The number of carboxylic acid groups (broad SMARTS) is 1. The summed E-state index contributed by atoms with van der Waals surface area (Å²) in [5.74, 6) is 0.224.